The van der Waals surface area contributed by atoms with Gasteiger partial charge in [-0.15, -0.1) is 0 Å². The lowest BCUT2D eigenvalue weighted by Crippen LogP contribution is -2.16. The first kappa shape index (κ1) is 31.4. The normalized spacial score (nSPS) is 13.3. The van der Waals surface area contributed by atoms with E-state index in [0.29, 0.717) is 0 Å². The minimum Gasteiger partial charge on any atom is -0.455 e. The quantitative estimate of drug-likeness (QED) is 0.166. The Hall–Kier alpha value is -6.96. The third-order valence-electron chi connectivity index (χ3n) is 12.6. The van der Waals surface area contributed by atoms with Gasteiger partial charge in [-0.3, -0.25) is 0 Å². The van der Waals surface area contributed by atoms with Crippen LogP contribution < -0.4 is 0 Å². The van der Waals surface area contributed by atoms with E-state index in [1.807, 2.05) is 0 Å². The molecule has 56 heavy (non-hydrogen) atoms. The second kappa shape index (κ2) is 11.5. The second-order valence-corrected chi connectivity index (χ2v) is 15.9. The van der Waals surface area contributed by atoms with Crippen LogP contribution in [-0.4, -0.2) is 0 Å². The molecule has 0 aliphatic heterocycles. The fraction of sp³-hybridized carbons (Fsp3) is 0.0545. The molecule has 0 fully saturated rings. The SMILES string of the molecule is CC1(C)c2ccccc2-c2cc3c(oc4ccc5ccccc5c43)c(-c3ccc(-c4c5ccccc5c(-c5cccc6ccccc56)c5ccccc45)cc3)c21. The zero-order valence-corrected chi connectivity index (χ0v) is 31.2. The molecule has 0 saturated carbocycles. The molecule has 0 bridgehead atoms. The van der Waals surface area contributed by atoms with Gasteiger partial charge >= 0.3 is 0 Å². The fourth-order valence-corrected chi connectivity index (χ4v) is 10.2. The maximum Gasteiger partial charge on any atom is 0.143 e. The molecule has 1 aliphatic carbocycles. The molecule has 10 aromatic carbocycles. The highest BCUT2D eigenvalue weighted by Crippen LogP contribution is 2.56. The van der Waals surface area contributed by atoms with Gasteiger partial charge in [-0.2, -0.15) is 0 Å². The molecule has 1 aromatic heterocycles. The number of hydrogen-bond acceptors (Lipinski definition) is 1. The summed E-state index contributed by atoms with van der Waals surface area (Å²) < 4.78 is 6.98. The highest BCUT2D eigenvalue weighted by atomic mass is 16.3. The van der Waals surface area contributed by atoms with Crippen molar-refractivity contribution in [2.75, 3.05) is 0 Å². The number of hydrogen-bond donors (Lipinski definition) is 0. The smallest absolute Gasteiger partial charge is 0.143 e. The van der Waals surface area contributed by atoms with Crippen LogP contribution in [0.1, 0.15) is 25.0 Å². The molecule has 12 rings (SSSR count). The Bertz CT molecular complexity index is 3370. The van der Waals surface area contributed by atoms with Gasteiger partial charge in [0.2, 0.25) is 0 Å². The van der Waals surface area contributed by atoms with Crippen LogP contribution in [0.5, 0.6) is 0 Å². The summed E-state index contributed by atoms with van der Waals surface area (Å²) >= 11 is 0. The highest BCUT2D eigenvalue weighted by molar-refractivity contribution is 6.24. The molecule has 1 heterocycles. The third-order valence-corrected chi connectivity index (χ3v) is 12.6. The van der Waals surface area contributed by atoms with Gasteiger partial charge in [0.15, 0.2) is 0 Å². The van der Waals surface area contributed by atoms with Gasteiger partial charge in [0.05, 0.1) is 0 Å². The van der Waals surface area contributed by atoms with Crippen molar-refractivity contribution in [2.45, 2.75) is 19.3 Å². The summed E-state index contributed by atoms with van der Waals surface area (Å²) in [5.41, 5.74) is 14.3. The predicted molar refractivity (Wildman–Crippen MR) is 238 cm³/mol. The molecule has 0 spiro atoms. The summed E-state index contributed by atoms with van der Waals surface area (Å²) in [7, 11) is 0. The van der Waals surface area contributed by atoms with Crippen molar-refractivity contribution in [3.8, 4) is 44.5 Å². The molecule has 262 valence electrons. The van der Waals surface area contributed by atoms with Crippen LogP contribution in [0.15, 0.2) is 186 Å². The largest absolute Gasteiger partial charge is 0.455 e. The van der Waals surface area contributed by atoms with E-state index in [2.05, 4.69) is 196 Å². The third kappa shape index (κ3) is 4.26. The molecule has 0 amide bonds. The molecule has 0 unspecified atom stereocenters. The van der Waals surface area contributed by atoms with Gasteiger partial charge in [0.1, 0.15) is 11.2 Å². The lowest BCUT2D eigenvalue weighted by molar-refractivity contribution is 0.650. The van der Waals surface area contributed by atoms with Crippen molar-refractivity contribution in [3.63, 3.8) is 0 Å². The molecular formula is C55H36O. The van der Waals surface area contributed by atoms with E-state index in [-0.39, 0.29) is 5.41 Å². The summed E-state index contributed by atoms with van der Waals surface area (Å²) in [4.78, 5) is 0. The minimum absolute atomic E-state index is 0.209. The number of furan rings is 1. The van der Waals surface area contributed by atoms with Gasteiger partial charge in [-0.05, 0) is 105 Å². The van der Waals surface area contributed by atoms with Crippen molar-refractivity contribution in [1.82, 2.24) is 0 Å². The number of rotatable bonds is 3. The van der Waals surface area contributed by atoms with Crippen LogP contribution in [0, 0.1) is 0 Å². The van der Waals surface area contributed by atoms with Crippen molar-refractivity contribution >= 4 is 65.0 Å². The van der Waals surface area contributed by atoms with E-state index in [1.54, 1.807) is 0 Å². The Morgan fingerprint density at radius 3 is 1.59 bits per heavy atom. The average Bonchev–Trinajstić information content (AvgIpc) is 3.74. The molecule has 0 radical (unpaired) electrons. The molecule has 11 aromatic rings. The zero-order valence-electron chi connectivity index (χ0n) is 31.2. The van der Waals surface area contributed by atoms with E-state index < -0.39 is 0 Å². The summed E-state index contributed by atoms with van der Waals surface area (Å²) in [6.45, 7) is 4.74. The van der Waals surface area contributed by atoms with Crippen LogP contribution in [0.2, 0.25) is 0 Å². The zero-order chi connectivity index (χ0) is 37.1. The van der Waals surface area contributed by atoms with E-state index in [4.69, 9.17) is 4.42 Å². The van der Waals surface area contributed by atoms with Crippen LogP contribution in [0.4, 0.5) is 0 Å². The monoisotopic (exact) mass is 712 g/mol. The Morgan fingerprint density at radius 2 is 0.893 bits per heavy atom. The molecule has 1 nitrogen and oxygen atoms in total. The molecule has 0 atom stereocenters. The van der Waals surface area contributed by atoms with Gasteiger partial charge in [0, 0.05) is 21.8 Å². The maximum absolute atomic E-state index is 6.98. The lowest BCUT2D eigenvalue weighted by Gasteiger charge is -2.25. The summed E-state index contributed by atoms with van der Waals surface area (Å²) in [6, 6.07) is 67.0. The maximum atomic E-state index is 6.98. The van der Waals surface area contributed by atoms with Crippen LogP contribution in [-0.2, 0) is 5.41 Å². The average molecular weight is 713 g/mol. The van der Waals surface area contributed by atoms with E-state index in [0.717, 1.165) is 11.2 Å². The highest BCUT2D eigenvalue weighted by Gasteiger charge is 2.39. The van der Waals surface area contributed by atoms with E-state index in [1.165, 1.54) is 109 Å². The Labute approximate surface area is 325 Å². The van der Waals surface area contributed by atoms with Crippen LogP contribution in [0.25, 0.3) is 110 Å². The Morgan fingerprint density at radius 1 is 0.375 bits per heavy atom. The molecule has 1 aliphatic rings. The Balaban J connectivity index is 1.12. The fourth-order valence-electron chi connectivity index (χ4n) is 10.2. The summed E-state index contributed by atoms with van der Waals surface area (Å²) in [5, 5.41) is 12.4. The van der Waals surface area contributed by atoms with Crippen molar-refractivity contribution in [3.05, 3.63) is 193 Å². The van der Waals surface area contributed by atoms with E-state index in [9.17, 15) is 0 Å². The van der Waals surface area contributed by atoms with Crippen molar-refractivity contribution in [1.29, 1.82) is 0 Å². The summed E-state index contributed by atoms with van der Waals surface area (Å²) in [6.07, 6.45) is 0. The first-order chi connectivity index (χ1) is 27.6. The first-order valence-electron chi connectivity index (χ1n) is 19.6. The minimum atomic E-state index is -0.209. The number of benzene rings is 10. The molecular weight excluding hydrogens is 677 g/mol. The lowest BCUT2D eigenvalue weighted by atomic mass is 9.78. The first-order valence-corrected chi connectivity index (χ1v) is 19.6. The van der Waals surface area contributed by atoms with Crippen LogP contribution in [0.3, 0.4) is 0 Å². The van der Waals surface area contributed by atoms with Crippen LogP contribution >= 0.6 is 0 Å². The number of fused-ring (bicyclic) bond motifs is 11. The van der Waals surface area contributed by atoms with Crippen molar-refractivity contribution in [2.24, 2.45) is 0 Å². The van der Waals surface area contributed by atoms with Crippen molar-refractivity contribution < 1.29 is 4.42 Å². The van der Waals surface area contributed by atoms with Gasteiger partial charge < -0.3 is 4.42 Å². The van der Waals surface area contributed by atoms with E-state index >= 15 is 0 Å². The van der Waals surface area contributed by atoms with Gasteiger partial charge in [-0.25, -0.2) is 0 Å². The molecule has 1 heteroatoms. The van der Waals surface area contributed by atoms with Gasteiger partial charge in [-0.1, -0.05) is 184 Å². The topological polar surface area (TPSA) is 13.1 Å². The molecule has 0 saturated heterocycles. The standard InChI is InChI=1S/C55H36O/c1-55(2)47-25-12-11-19-39(47)45-32-46-52-38-18-6-4-15-34(38)30-31-48(52)56-54(46)50(53(45)55)36-28-26-35(27-29-36)49-41-20-7-9-22-43(41)51(44-23-10-8-21-42(44)49)40-24-13-16-33-14-3-5-17-37(33)40/h3-32H,1-2H3. The molecule has 0 N–H and O–H groups in total. The predicted octanol–water partition coefficient (Wildman–Crippen LogP) is 15.5. The second-order valence-electron chi connectivity index (χ2n) is 15.9. The Kier molecular flexibility index (Phi) is 6.46. The summed E-state index contributed by atoms with van der Waals surface area (Å²) in [5.74, 6) is 0. The van der Waals surface area contributed by atoms with Gasteiger partial charge in [0.25, 0.3) is 0 Å².